The van der Waals surface area contributed by atoms with E-state index in [1.165, 1.54) is 61.6 Å². The third-order valence-electron chi connectivity index (χ3n) is 10.3. The molecule has 0 N–H and O–H groups in total. The van der Waals surface area contributed by atoms with Crippen LogP contribution in [0.1, 0.15) is 38.5 Å². The van der Waals surface area contributed by atoms with Crippen LogP contribution in [0.3, 0.4) is 0 Å². The van der Waals surface area contributed by atoms with E-state index in [9.17, 15) is 0 Å². The highest BCUT2D eigenvalue weighted by atomic mass is 15.2. The number of para-hydroxylation sites is 1. The molecule has 2 atom stereocenters. The van der Waals surface area contributed by atoms with Crippen molar-refractivity contribution in [1.29, 1.82) is 0 Å². The van der Waals surface area contributed by atoms with Crippen LogP contribution in [-0.4, -0.2) is 12.8 Å². The molecule has 0 fully saturated rings. The molecule has 6 aliphatic rings. The molecule has 0 bridgehead atoms. The molecule has 3 heteroatoms. The Morgan fingerprint density at radius 2 is 1.53 bits per heavy atom. The van der Waals surface area contributed by atoms with Gasteiger partial charge in [0.15, 0.2) is 0 Å². The number of allylic oxidation sites excluding steroid dienone is 12. The summed E-state index contributed by atoms with van der Waals surface area (Å²) in [5.74, 6) is 0.340. The minimum Gasteiger partial charge on any atom is -0.335 e. The third kappa shape index (κ3) is 4.40. The lowest BCUT2D eigenvalue weighted by molar-refractivity contribution is 0.682. The Morgan fingerprint density at radius 3 is 2.33 bits per heavy atom. The van der Waals surface area contributed by atoms with E-state index < -0.39 is 0 Å². The summed E-state index contributed by atoms with van der Waals surface area (Å²) in [7, 11) is 0. The predicted octanol–water partition coefficient (Wildman–Crippen LogP) is 8.69. The van der Waals surface area contributed by atoms with Gasteiger partial charge in [-0.15, -0.1) is 0 Å². The van der Waals surface area contributed by atoms with Gasteiger partial charge in [-0.3, -0.25) is 0 Å². The second-order valence-corrected chi connectivity index (χ2v) is 13.0. The fourth-order valence-corrected chi connectivity index (χ4v) is 8.35. The normalized spacial score (nSPS) is 22.8. The number of benzene rings is 3. The first-order valence-electron chi connectivity index (χ1n) is 16.7. The van der Waals surface area contributed by atoms with E-state index in [2.05, 4.69) is 149 Å². The van der Waals surface area contributed by atoms with Gasteiger partial charge in [-0.25, -0.2) is 0 Å². The van der Waals surface area contributed by atoms with Gasteiger partial charge in [-0.1, -0.05) is 121 Å². The number of fused-ring (bicyclic) bond motifs is 4. The fraction of sp³-hybridized carbons (Fsp3) is 0.190. The van der Waals surface area contributed by atoms with Crippen LogP contribution in [0.4, 0.5) is 11.4 Å². The average Bonchev–Trinajstić information content (AvgIpc) is 3.12. The summed E-state index contributed by atoms with van der Waals surface area (Å²) in [4.78, 5) is 5.32. The summed E-state index contributed by atoms with van der Waals surface area (Å²) >= 11 is 0. The molecule has 0 aromatic heterocycles. The lowest BCUT2D eigenvalue weighted by Crippen LogP contribution is -2.59. The fourth-order valence-electron chi connectivity index (χ4n) is 8.35. The van der Waals surface area contributed by atoms with E-state index in [0.717, 1.165) is 38.5 Å². The monoisotopic (exact) mass is 580 g/mol. The van der Waals surface area contributed by atoms with Crippen molar-refractivity contribution in [2.45, 2.75) is 44.6 Å². The van der Waals surface area contributed by atoms with Crippen molar-refractivity contribution in [1.82, 2.24) is 0 Å². The van der Waals surface area contributed by atoms with Crippen LogP contribution in [0.2, 0.25) is 0 Å². The standard InChI is InChI=1S/C42H37BN2/c1-5-15-30(16-6-1)32-25-26-39-37(27-32)43-36-23-13-14-24-38(36)44(34-19-9-3-10-20-34)40-28-33(31-17-7-2-8-18-31)29-41(42(40)43)45(39)35-21-11-4-12-22-35/h1,4-7,9,11-21,23-27,29,33,35H,2-3,8,10,22,28H2. The van der Waals surface area contributed by atoms with Gasteiger partial charge < -0.3 is 9.80 Å². The molecule has 2 heterocycles. The number of hydrogen-bond donors (Lipinski definition) is 0. The molecule has 9 rings (SSSR count). The maximum atomic E-state index is 2.69. The molecule has 0 spiro atoms. The molecule has 218 valence electrons. The summed E-state index contributed by atoms with van der Waals surface area (Å²) in [5, 5.41) is 0. The zero-order valence-corrected chi connectivity index (χ0v) is 25.6. The maximum absolute atomic E-state index is 2.69. The summed E-state index contributed by atoms with van der Waals surface area (Å²) in [6.45, 7) is 0.182. The highest BCUT2D eigenvalue weighted by Gasteiger charge is 2.48. The van der Waals surface area contributed by atoms with Crippen LogP contribution < -0.4 is 20.7 Å². The predicted molar refractivity (Wildman–Crippen MR) is 191 cm³/mol. The second-order valence-electron chi connectivity index (χ2n) is 13.0. The Morgan fingerprint density at radius 1 is 0.689 bits per heavy atom. The number of nitrogens with zero attached hydrogens (tertiary/aromatic N) is 2. The summed E-state index contributed by atoms with van der Waals surface area (Å²) in [6.07, 6.45) is 32.7. The quantitative estimate of drug-likeness (QED) is 0.285. The zero-order valence-electron chi connectivity index (χ0n) is 25.6. The minimum atomic E-state index is 0.182. The van der Waals surface area contributed by atoms with Crippen LogP contribution in [0.15, 0.2) is 168 Å². The van der Waals surface area contributed by atoms with Gasteiger partial charge in [0, 0.05) is 34.4 Å². The molecule has 2 aliphatic heterocycles. The Labute approximate surface area is 267 Å². The van der Waals surface area contributed by atoms with E-state index in [1.807, 2.05) is 0 Å². The number of anilines is 2. The van der Waals surface area contributed by atoms with Crippen molar-refractivity contribution < 1.29 is 0 Å². The van der Waals surface area contributed by atoms with Crippen LogP contribution in [-0.2, 0) is 0 Å². The van der Waals surface area contributed by atoms with E-state index in [4.69, 9.17) is 0 Å². The molecular formula is C42H37BN2. The Kier molecular flexibility index (Phi) is 6.51. The first kappa shape index (κ1) is 26.6. The minimum absolute atomic E-state index is 0.182. The largest absolute Gasteiger partial charge is 0.335 e. The number of rotatable bonds is 4. The molecule has 45 heavy (non-hydrogen) atoms. The van der Waals surface area contributed by atoms with Crippen molar-refractivity contribution in [3.63, 3.8) is 0 Å². The highest BCUT2D eigenvalue weighted by Crippen LogP contribution is 2.48. The molecular weight excluding hydrogens is 543 g/mol. The zero-order chi connectivity index (χ0) is 29.7. The first-order chi connectivity index (χ1) is 22.3. The van der Waals surface area contributed by atoms with E-state index in [1.54, 1.807) is 0 Å². The molecule has 0 amide bonds. The lowest BCUT2D eigenvalue weighted by Gasteiger charge is -2.50. The van der Waals surface area contributed by atoms with Gasteiger partial charge in [-0.2, -0.15) is 0 Å². The maximum Gasteiger partial charge on any atom is 0.251 e. The summed E-state index contributed by atoms with van der Waals surface area (Å²) in [6, 6.07) is 27.6. The smallest absolute Gasteiger partial charge is 0.251 e. The van der Waals surface area contributed by atoms with Gasteiger partial charge >= 0.3 is 0 Å². The highest BCUT2D eigenvalue weighted by molar-refractivity contribution is 6.94. The van der Waals surface area contributed by atoms with Crippen LogP contribution in [0.25, 0.3) is 11.1 Å². The average molecular weight is 581 g/mol. The SMILES string of the molecule is C1=CCC(N2C3=CC(C4=CCCC=C4)CC4=C3B(c3ccccc3N4C3=CCCC=C3)c3cc(-c4ccccc4)ccc32)C=C1. The molecule has 0 saturated carbocycles. The Balaban J connectivity index is 1.33. The summed E-state index contributed by atoms with van der Waals surface area (Å²) in [5.41, 5.74) is 15.2. The topological polar surface area (TPSA) is 6.48 Å². The molecule has 3 aromatic rings. The van der Waals surface area contributed by atoms with E-state index >= 15 is 0 Å². The number of hydrogen-bond acceptors (Lipinski definition) is 2. The molecule has 0 saturated heterocycles. The van der Waals surface area contributed by atoms with Crippen molar-refractivity contribution >= 4 is 29.0 Å². The Hall–Kier alpha value is -4.76. The van der Waals surface area contributed by atoms with Crippen molar-refractivity contribution in [3.8, 4) is 11.1 Å². The van der Waals surface area contributed by atoms with Gasteiger partial charge in [0.1, 0.15) is 0 Å². The van der Waals surface area contributed by atoms with E-state index in [0.29, 0.717) is 5.92 Å². The molecule has 0 radical (unpaired) electrons. The van der Waals surface area contributed by atoms with Crippen molar-refractivity contribution in [2.24, 2.45) is 5.92 Å². The molecule has 4 aliphatic carbocycles. The van der Waals surface area contributed by atoms with Gasteiger partial charge in [-0.05, 0) is 89.8 Å². The Bertz CT molecular complexity index is 1930. The first-order valence-corrected chi connectivity index (χ1v) is 16.7. The third-order valence-corrected chi connectivity index (χ3v) is 10.3. The van der Waals surface area contributed by atoms with Crippen molar-refractivity contribution in [2.75, 3.05) is 9.80 Å². The molecule has 2 nitrogen and oxygen atoms in total. The van der Waals surface area contributed by atoms with Crippen LogP contribution >= 0.6 is 0 Å². The van der Waals surface area contributed by atoms with Crippen LogP contribution in [0, 0.1) is 5.92 Å². The second kappa shape index (κ2) is 11.0. The summed E-state index contributed by atoms with van der Waals surface area (Å²) < 4.78 is 0. The van der Waals surface area contributed by atoms with E-state index in [-0.39, 0.29) is 12.8 Å². The molecule has 2 unspecified atom stereocenters. The molecule has 3 aromatic carbocycles. The van der Waals surface area contributed by atoms with Gasteiger partial charge in [0.05, 0.1) is 6.04 Å². The van der Waals surface area contributed by atoms with Gasteiger partial charge in [0.2, 0.25) is 0 Å². The van der Waals surface area contributed by atoms with Crippen molar-refractivity contribution in [3.05, 3.63) is 168 Å². The van der Waals surface area contributed by atoms with Gasteiger partial charge in [0.25, 0.3) is 6.71 Å². The lowest BCUT2D eigenvalue weighted by atomic mass is 9.31. The van der Waals surface area contributed by atoms with Crippen LogP contribution in [0.5, 0.6) is 0 Å².